The van der Waals surface area contributed by atoms with Crippen molar-refractivity contribution in [3.05, 3.63) is 59.4 Å². The van der Waals surface area contributed by atoms with Crippen LogP contribution in [0.5, 0.6) is 11.5 Å². The van der Waals surface area contributed by atoms with Crippen molar-refractivity contribution >= 4 is 0 Å². The van der Waals surface area contributed by atoms with Crippen molar-refractivity contribution in [3.8, 4) is 11.5 Å². The molecule has 1 atom stereocenters. The second-order valence-corrected chi connectivity index (χ2v) is 4.73. The standard InChI is InChI=1S/C16H14F4O3/c1-22-14-8-10(15(21)16(18,19)20)6-7-13(14)23-9-11-4-2-3-5-12(11)17/h2-8,15,21H,9H2,1H3. The Morgan fingerprint density at radius 3 is 2.39 bits per heavy atom. The molecule has 0 amide bonds. The van der Waals surface area contributed by atoms with Gasteiger partial charge in [-0.1, -0.05) is 24.3 Å². The maximum Gasteiger partial charge on any atom is 0.418 e. The summed E-state index contributed by atoms with van der Waals surface area (Å²) in [7, 11) is 1.26. The number of ether oxygens (including phenoxy) is 2. The molecule has 0 aliphatic heterocycles. The Balaban J connectivity index is 2.19. The summed E-state index contributed by atoms with van der Waals surface area (Å²) >= 11 is 0. The highest BCUT2D eigenvalue weighted by atomic mass is 19.4. The lowest BCUT2D eigenvalue weighted by Crippen LogP contribution is -2.20. The van der Waals surface area contributed by atoms with Crippen LogP contribution in [0.1, 0.15) is 17.2 Å². The molecule has 0 saturated carbocycles. The Bertz CT molecular complexity index is 671. The summed E-state index contributed by atoms with van der Waals surface area (Å²) in [5.74, 6) is -0.286. The van der Waals surface area contributed by atoms with Crippen molar-refractivity contribution < 1.29 is 32.1 Å². The highest BCUT2D eigenvalue weighted by Crippen LogP contribution is 2.37. The number of aliphatic hydroxyl groups excluding tert-OH is 1. The van der Waals surface area contributed by atoms with Crippen LogP contribution in [0.4, 0.5) is 17.6 Å². The van der Waals surface area contributed by atoms with Crippen molar-refractivity contribution in [2.45, 2.75) is 18.9 Å². The van der Waals surface area contributed by atoms with E-state index in [4.69, 9.17) is 9.47 Å². The van der Waals surface area contributed by atoms with Crippen LogP contribution in [-0.4, -0.2) is 18.4 Å². The second-order valence-electron chi connectivity index (χ2n) is 4.73. The van der Waals surface area contributed by atoms with E-state index in [0.29, 0.717) is 5.56 Å². The summed E-state index contributed by atoms with van der Waals surface area (Å²) in [5, 5.41) is 9.24. The van der Waals surface area contributed by atoms with E-state index in [9.17, 15) is 22.7 Å². The second kappa shape index (κ2) is 6.87. The number of alkyl halides is 3. The zero-order valence-corrected chi connectivity index (χ0v) is 12.1. The summed E-state index contributed by atoms with van der Waals surface area (Å²) in [5.41, 5.74) is -0.0680. The molecule has 3 nitrogen and oxygen atoms in total. The van der Waals surface area contributed by atoms with Crippen LogP contribution >= 0.6 is 0 Å². The molecular formula is C16H14F4O3. The van der Waals surface area contributed by atoms with Gasteiger partial charge in [0.25, 0.3) is 0 Å². The molecule has 1 N–H and O–H groups in total. The first-order valence-electron chi connectivity index (χ1n) is 6.62. The molecular weight excluding hydrogens is 316 g/mol. The zero-order valence-electron chi connectivity index (χ0n) is 12.1. The minimum Gasteiger partial charge on any atom is -0.493 e. The largest absolute Gasteiger partial charge is 0.493 e. The lowest BCUT2D eigenvalue weighted by molar-refractivity contribution is -0.206. The Labute approximate surface area is 130 Å². The van der Waals surface area contributed by atoms with E-state index in [0.717, 1.165) is 12.1 Å². The third kappa shape index (κ3) is 4.13. The topological polar surface area (TPSA) is 38.7 Å². The van der Waals surface area contributed by atoms with Gasteiger partial charge in [0.15, 0.2) is 17.6 Å². The van der Waals surface area contributed by atoms with Crippen molar-refractivity contribution in [2.75, 3.05) is 7.11 Å². The molecule has 124 valence electrons. The molecule has 0 saturated heterocycles. The molecule has 2 aromatic carbocycles. The molecule has 0 aliphatic rings. The summed E-state index contributed by atoms with van der Waals surface area (Å²) in [6, 6.07) is 9.34. The van der Waals surface area contributed by atoms with Gasteiger partial charge in [0.2, 0.25) is 0 Å². The van der Waals surface area contributed by atoms with Gasteiger partial charge in [0.1, 0.15) is 12.4 Å². The van der Waals surface area contributed by atoms with Crippen LogP contribution in [0.2, 0.25) is 0 Å². The van der Waals surface area contributed by atoms with Gasteiger partial charge in [-0.15, -0.1) is 0 Å². The monoisotopic (exact) mass is 330 g/mol. The Hall–Kier alpha value is -2.28. The number of hydrogen-bond acceptors (Lipinski definition) is 3. The minimum atomic E-state index is -4.78. The summed E-state index contributed by atoms with van der Waals surface area (Å²) in [6.07, 6.45) is -7.39. The molecule has 2 rings (SSSR count). The van der Waals surface area contributed by atoms with Crippen molar-refractivity contribution in [1.82, 2.24) is 0 Å². The smallest absolute Gasteiger partial charge is 0.418 e. The van der Waals surface area contributed by atoms with Gasteiger partial charge in [0, 0.05) is 5.56 Å². The minimum absolute atomic E-state index is 0.0159. The molecule has 0 radical (unpaired) electrons. The summed E-state index contributed by atoms with van der Waals surface area (Å²) < 4.78 is 61.4. The van der Waals surface area contributed by atoms with E-state index < -0.39 is 18.1 Å². The lowest BCUT2D eigenvalue weighted by Gasteiger charge is -2.17. The number of hydrogen-bond donors (Lipinski definition) is 1. The van der Waals surface area contributed by atoms with Crippen LogP contribution in [0.3, 0.4) is 0 Å². The van der Waals surface area contributed by atoms with Crippen molar-refractivity contribution in [2.24, 2.45) is 0 Å². The molecule has 0 heterocycles. The normalized spacial score (nSPS) is 12.8. The third-order valence-electron chi connectivity index (χ3n) is 3.15. The number of aliphatic hydroxyl groups is 1. The van der Waals surface area contributed by atoms with Crippen molar-refractivity contribution in [1.29, 1.82) is 0 Å². The van der Waals surface area contributed by atoms with Gasteiger partial charge in [-0.05, 0) is 23.8 Å². The molecule has 0 spiro atoms. The van der Waals surface area contributed by atoms with E-state index in [1.807, 2.05) is 0 Å². The molecule has 2 aromatic rings. The molecule has 7 heteroatoms. The van der Waals surface area contributed by atoms with Gasteiger partial charge in [-0.3, -0.25) is 0 Å². The maximum absolute atomic E-state index is 13.5. The van der Waals surface area contributed by atoms with Gasteiger partial charge in [-0.25, -0.2) is 4.39 Å². The predicted molar refractivity (Wildman–Crippen MR) is 74.7 cm³/mol. The average Bonchev–Trinajstić information content (AvgIpc) is 2.52. The third-order valence-corrected chi connectivity index (χ3v) is 3.15. The molecule has 23 heavy (non-hydrogen) atoms. The molecule has 0 aliphatic carbocycles. The highest BCUT2D eigenvalue weighted by molar-refractivity contribution is 5.44. The first-order chi connectivity index (χ1) is 10.8. The Morgan fingerprint density at radius 2 is 1.78 bits per heavy atom. The first kappa shape index (κ1) is 17.1. The average molecular weight is 330 g/mol. The van der Waals surface area contributed by atoms with Crippen LogP contribution in [0.15, 0.2) is 42.5 Å². The predicted octanol–water partition coefficient (Wildman–Crippen LogP) is 4.01. The fourth-order valence-electron chi connectivity index (χ4n) is 1.93. The van der Waals surface area contributed by atoms with Crippen LogP contribution < -0.4 is 9.47 Å². The Morgan fingerprint density at radius 1 is 1.09 bits per heavy atom. The highest BCUT2D eigenvalue weighted by Gasteiger charge is 2.39. The number of rotatable bonds is 5. The number of benzene rings is 2. The lowest BCUT2D eigenvalue weighted by atomic mass is 10.1. The van der Waals surface area contributed by atoms with E-state index in [2.05, 4.69) is 0 Å². The van der Waals surface area contributed by atoms with Crippen molar-refractivity contribution in [3.63, 3.8) is 0 Å². The maximum atomic E-state index is 13.5. The van der Waals surface area contributed by atoms with Crippen LogP contribution in [0, 0.1) is 5.82 Å². The molecule has 1 unspecified atom stereocenters. The van der Waals surface area contributed by atoms with E-state index in [1.165, 1.54) is 31.4 Å². The molecule has 0 aromatic heterocycles. The van der Waals surface area contributed by atoms with Gasteiger partial charge in [0.05, 0.1) is 7.11 Å². The fourth-order valence-corrected chi connectivity index (χ4v) is 1.93. The van der Waals surface area contributed by atoms with E-state index in [1.54, 1.807) is 6.07 Å². The summed E-state index contributed by atoms with van der Waals surface area (Å²) in [4.78, 5) is 0. The first-order valence-corrected chi connectivity index (χ1v) is 6.62. The van der Waals surface area contributed by atoms with Gasteiger partial charge in [-0.2, -0.15) is 13.2 Å². The van der Waals surface area contributed by atoms with E-state index in [-0.39, 0.29) is 23.7 Å². The Kier molecular flexibility index (Phi) is 5.10. The van der Waals surface area contributed by atoms with Gasteiger partial charge < -0.3 is 14.6 Å². The van der Waals surface area contributed by atoms with Crippen LogP contribution in [-0.2, 0) is 6.61 Å². The van der Waals surface area contributed by atoms with E-state index >= 15 is 0 Å². The SMILES string of the molecule is COc1cc(C(O)C(F)(F)F)ccc1OCc1ccccc1F. The fraction of sp³-hybridized carbons (Fsp3) is 0.250. The molecule has 0 fully saturated rings. The van der Waals surface area contributed by atoms with Crippen LogP contribution in [0.25, 0.3) is 0 Å². The zero-order chi connectivity index (χ0) is 17.0. The quantitative estimate of drug-likeness (QED) is 0.842. The number of methoxy groups -OCH3 is 1. The molecule has 0 bridgehead atoms. The summed E-state index contributed by atoms with van der Waals surface area (Å²) in [6.45, 7) is -0.107. The number of halogens is 4. The van der Waals surface area contributed by atoms with Gasteiger partial charge >= 0.3 is 6.18 Å².